The minimum absolute atomic E-state index is 0.578. The zero-order valence-corrected chi connectivity index (χ0v) is 8.08. The van der Waals surface area contributed by atoms with Crippen molar-refractivity contribution in [2.75, 3.05) is 25.0 Å². The summed E-state index contributed by atoms with van der Waals surface area (Å²) in [5.74, 6) is 0.757. The second kappa shape index (κ2) is 3.60. The van der Waals surface area contributed by atoms with E-state index >= 15 is 0 Å². The van der Waals surface area contributed by atoms with E-state index in [4.69, 9.17) is 11.6 Å². The number of hydrogen-bond donors (Lipinski definition) is 2. The third-order valence-corrected chi connectivity index (χ3v) is 3.01. The molecule has 0 spiro atoms. The van der Waals surface area contributed by atoms with Gasteiger partial charge >= 0.3 is 0 Å². The summed E-state index contributed by atoms with van der Waals surface area (Å²) in [6, 6.07) is 0. The number of hydrogen-bond acceptors (Lipinski definition) is 4. The largest absolute Gasteiger partial charge is 0.361 e. The molecule has 0 aromatic carbocycles. The van der Waals surface area contributed by atoms with Gasteiger partial charge in [0.05, 0.1) is 0 Å². The molecule has 2 rings (SSSR count). The maximum Gasteiger partial charge on any atom is 0.184 e. The molecular formula is C7H10ClN3S. The number of thiazole rings is 1. The standard InChI is InChI=1S/C7H10ClN3S/c8-6-4-12-7(11-6)10-3-5-1-9-2-5/h4-5,9H,1-3H2,(H,10,11). The highest BCUT2D eigenvalue weighted by atomic mass is 35.5. The van der Waals surface area contributed by atoms with Gasteiger partial charge in [-0.25, -0.2) is 4.98 Å². The summed E-state index contributed by atoms with van der Waals surface area (Å²) < 4.78 is 0. The Morgan fingerprint density at radius 2 is 2.58 bits per heavy atom. The topological polar surface area (TPSA) is 37.0 Å². The normalized spacial score (nSPS) is 17.4. The first-order valence-electron chi connectivity index (χ1n) is 3.90. The Morgan fingerprint density at radius 3 is 3.08 bits per heavy atom. The molecule has 2 heterocycles. The Kier molecular flexibility index (Phi) is 2.48. The van der Waals surface area contributed by atoms with Crippen molar-refractivity contribution in [2.24, 2.45) is 5.92 Å². The van der Waals surface area contributed by atoms with Crippen LogP contribution in [0.2, 0.25) is 5.15 Å². The molecule has 12 heavy (non-hydrogen) atoms. The van der Waals surface area contributed by atoms with Crippen molar-refractivity contribution < 1.29 is 0 Å². The van der Waals surface area contributed by atoms with Crippen LogP contribution in [0.1, 0.15) is 0 Å². The van der Waals surface area contributed by atoms with Crippen molar-refractivity contribution in [3.63, 3.8) is 0 Å². The van der Waals surface area contributed by atoms with Gasteiger partial charge in [0.1, 0.15) is 5.15 Å². The molecule has 0 amide bonds. The highest BCUT2D eigenvalue weighted by Gasteiger charge is 2.16. The zero-order valence-electron chi connectivity index (χ0n) is 6.51. The number of nitrogens with zero attached hydrogens (tertiary/aromatic N) is 1. The average molecular weight is 204 g/mol. The number of aromatic nitrogens is 1. The van der Waals surface area contributed by atoms with Crippen LogP contribution in [0.3, 0.4) is 0 Å². The molecule has 2 N–H and O–H groups in total. The van der Waals surface area contributed by atoms with Crippen LogP contribution in [-0.4, -0.2) is 24.6 Å². The van der Waals surface area contributed by atoms with E-state index in [2.05, 4.69) is 15.6 Å². The molecule has 1 aliphatic heterocycles. The Labute approximate surface area is 80.1 Å². The molecule has 0 radical (unpaired) electrons. The van der Waals surface area contributed by atoms with Gasteiger partial charge < -0.3 is 10.6 Å². The number of anilines is 1. The van der Waals surface area contributed by atoms with Gasteiger partial charge in [-0.05, 0) is 0 Å². The van der Waals surface area contributed by atoms with E-state index in [0.29, 0.717) is 5.15 Å². The Morgan fingerprint density at radius 1 is 1.75 bits per heavy atom. The molecule has 0 saturated carbocycles. The third-order valence-electron chi connectivity index (χ3n) is 1.88. The highest BCUT2D eigenvalue weighted by molar-refractivity contribution is 7.14. The predicted octanol–water partition coefficient (Wildman–Crippen LogP) is 1.43. The first-order valence-corrected chi connectivity index (χ1v) is 5.16. The lowest BCUT2D eigenvalue weighted by Gasteiger charge is -2.26. The van der Waals surface area contributed by atoms with Gasteiger partial charge in [0, 0.05) is 30.9 Å². The first-order chi connectivity index (χ1) is 5.84. The third kappa shape index (κ3) is 1.88. The fourth-order valence-electron chi connectivity index (χ4n) is 1.06. The minimum atomic E-state index is 0.578. The van der Waals surface area contributed by atoms with E-state index in [1.54, 1.807) is 11.3 Å². The molecule has 0 atom stereocenters. The summed E-state index contributed by atoms with van der Waals surface area (Å²) in [5, 5.41) is 9.81. The van der Waals surface area contributed by atoms with Crippen molar-refractivity contribution in [3.8, 4) is 0 Å². The smallest absolute Gasteiger partial charge is 0.184 e. The van der Waals surface area contributed by atoms with E-state index < -0.39 is 0 Å². The Balaban J connectivity index is 1.79. The van der Waals surface area contributed by atoms with Crippen LogP contribution in [-0.2, 0) is 0 Å². The van der Waals surface area contributed by atoms with Gasteiger partial charge in [-0.1, -0.05) is 11.6 Å². The van der Waals surface area contributed by atoms with Crippen molar-refractivity contribution in [1.82, 2.24) is 10.3 Å². The molecule has 5 heteroatoms. The zero-order chi connectivity index (χ0) is 8.39. The molecule has 1 fully saturated rings. The van der Waals surface area contributed by atoms with Gasteiger partial charge in [-0.3, -0.25) is 0 Å². The summed E-state index contributed by atoms with van der Waals surface area (Å²) in [7, 11) is 0. The highest BCUT2D eigenvalue weighted by Crippen LogP contribution is 2.19. The maximum atomic E-state index is 5.67. The molecule has 0 bridgehead atoms. The van der Waals surface area contributed by atoms with Crippen LogP contribution >= 0.6 is 22.9 Å². The van der Waals surface area contributed by atoms with Crippen molar-refractivity contribution in [1.29, 1.82) is 0 Å². The van der Waals surface area contributed by atoms with Crippen LogP contribution in [0.4, 0.5) is 5.13 Å². The number of rotatable bonds is 3. The van der Waals surface area contributed by atoms with Gasteiger partial charge in [-0.15, -0.1) is 11.3 Å². The minimum Gasteiger partial charge on any atom is -0.361 e. The molecule has 1 aromatic heterocycles. The summed E-state index contributed by atoms with van der Waals surface area (Å²) >= 11 is 7.22. The summed E-state index contributed by atoms with van der Waals surface area (Å²) in [4.78, 5) is 4.09. The van der Waals surface area contributed by atoms with Crippen LogP contribution in [0.15, 0.2) is 5.38 Å². The predicted molar refractivity (Wildman–Crippen MR) is 52.0 cm³/mol. The fraction of sp³-hybridized carbons (Fsp3) is 0.571. The molecule has 1 aromatic rings. The fourth-order valence-corrected chi connectivity index (χ4v) is 1.91. The lowest BCUT2D eigenvalue weighted by atomic mass is 10.0. The monoisotopic (exact) mass is 203 g/mol. The Bertz CT molecular complexity index is 259. The SMILES string of the molecule is Clc1csc(NCC2CNC2)n1. The lowest BCUT2D eigenvalue weighted by Crippen LogP contribution is -2.45. The summed E-state index contributed by atoms with van der Waals surface area (Å²) in [6.45, 7) is 3.23. The summed E-state index contributed by atoms with van der Waals surface area (Å²) in [5.41, 5.74) is 0. The molecule has 1 saturated heterocycles. The second-order valence-corrected chi connectivity index (χ2v) is 4.13. The van der Waals surface area contributed by atoms with Gasteiger partial charge in [0.25, 0.3) is 0 Å². The second-order valence-electron chi connectivity index (χ2n) is 2.88. The van der Waals surface area contributed by atoms with Gasteiger partial charge in [0.2, 0.25) is 0 Å². The molecule has 0 unspecified atom stereocenters. The van der Waals surface area contributed by atoms with Gasteiger partial charge in [-0.2, -0.15) is 0 Å². The number of nitrogens with one attached hydrogen (secondary N) is 2. The summed E-state index contributed by atoms with van der Waals surface area (Å²) in [6.07, 6.45) is 0. The van der Waals surface area contributed by atoms with Crippen LogP contribution in [0.5, 0.6) is 0 Å². The molecular weight excluding hydrogens is 194 g/mol. The molecule has 1 aliphatic rings. The molecule has 0 aliphatic carbocycles. The quantitative estimate of drug-likeness (QED) is 0.781. The van der Waals surface area contributed by atoms with E-state index in [1.807, 2.05) is 5.38 Å². The molecule has 66 valence electrons. The number of halogens is 1. The molecule has 3 nitrogen and oxygen atoms in total. The van der Waals surface area contributed by atoms with E-state index in [0.717, 1.165) is 30.7 Å². The van der Waals surface area contributed by atoms with E-state index in [1.165, 1.54) is 0 Å². The average Bonchev–Trinajstić information content (AvgIpc) is 2.32. The van der Waals surface area contributed by atoms with Gasteiger partial charge in [0.15, 0.2) is 5.13 Å². The van der Waals surface area contributed by atoms with Crippen LogP contribution in [0.25, 0.3) is 0 Å². The van der Waals surface area contributed by atoms with Crippen LogP contribution in [0, 0.1) is 5.92 Å². The van der Waals surface area contributed by atoms with E-state index in [-0.39, 0.29) is 0 Å². The van der Waals surface area contributed by atoms with Crippen molar-refractivity contribution in [3.05, 3.63) is 10.5 Å². The van der Waals surface area contributed by atoms with Crippen molar-refractivity contribution in [2.45, 2.75) is 0 Å². The lowest BCUT2D eigenvalue weighted by molar-refractivity contribution is 0.365. The maximum absolute atomic E-state index is 5.67. The van der Waals surface area contributed by atoms with Crippen LogP contribution < -0.4 is 10.6 Å². The van der Waals surface area contributed by atoms with Crippen molar-refractivity contribution >= 4 is 28.1 Å². The van der Waals surface area contributed by atoms with E-state index in [9.17, 15) is 0 Å². The first kappa shape index (κ1) is 8.29. The Hall–Kier alpha value is -0.320.